The van der Waals surface area contributed by atoms with Gasteiger partial charge in [-0.15, -0.1) is 0 Å². The average molecular weight is 246 g/mol. The summed E-state index contributed by atoms with van der Waals surface area (Å²) in [7, 11) is 1.11. The molecular weight excluding hydrogens is 226 g/mol. The molecule has 0 unspecified atom stereocenters. The van der Waals surface area contributed by atoms with Gasteiger partial charge in [0.1, 0.15) is 0 Å². The van der Waals surface area contributed by atoms with E-state index in [9.17, 15) is 13.6 Å². The molecule has 1 rings (SSSR count). The molecule has 1 aromatic rings. The highest BCUT2D eigenvalue weighted by molar-refractivity contribution is 5.89. The Morgan fingerprint density at radius 3 is 2.00 bits per heavy atom. The number of esters is 1. The lowest BCUT2D eigenvalue weighted by atomic mass is 10.1. The van der Waals surface area contributed by atoms with E-state index in [0.29, 0.717) is 5.56 Å². The van der Waals surface area contributed by atoms with Gasteiger partial charge in [0, 0.05) is 0 Å². The monoisotopic (exact) mass is 246 g/mol. The molecule has 0 saturated carbocycles. The summed E-state index contributed by atoms with van der Waals surface area (Å²) in [6, 6.07) is 2.26. The number of methoxy groups -OCH3 is 1. The highest BCUT2D eigenvalue weighted by Crippen LogP contribution is 2.15. The summed E-state index contributed by atoms with van der Waals surface area (Å²) < 4.78 is 30.0. The molecule has 0 amide bonds. The Balaban J connectivity index is 0. The fourth-order valence-corrected chi connectivity index (χ4v) is 0.983. The molecule has 0 saturated heterocycles. The van der Waals surface area contributed by atoms with Crippen molar-refractivity contribution < 1.29 is 18.3 Å². The van der Waals surface area contributed by atoms with Crippen LogP contribution in [0.25, 0.3) is 0 Å². The molecule has 0 fully saturated rings. The van der Waals surface area contributed by atoms with E-state index in [1.165, 1.54) is 6.07 Å². The van der Waals surface area contributed by atoms with Gasteiger partial charge in [0.25, 0.3) is 0 Å². The van der Waals surface area contributed by atoms with Crippen LogP contribution < -0.4 is 0 Å². The van der Waals surface area contributed by atoms with Gasteiger partial charge in [-0.25, -0.2) is 13.6 Å². The number of halogens is 2. The van der Waals surface area contributed by atoms with Crippen LogP contribution in [0.5, 0.6) is 0 Å². The van der Waals surface area contributed by atoms with E-state index in [4.69, 9.17) is 0 Å². The van der Waals surface area contributed by atoms with Crippen molar-refractivity contribution in [2.75, 3.05) is 7.11 Å². The first-order chi connectivity index (χ1) is 8.06. The van der Waals surface area contributed by atoms with E-state index in [1.54, 1.807) is 6.92 Å². The van der Waals surface area contributed by atoms with Crippen LogP contribution in [0.3, 0.4) is 0 Å². The number of carbonyl (C=O) groups is 1. The van der Waals surface area contributed by atoms with Crippen molar-refractivity contribution in [2.24, 2.45) is 0 Å². The highest BCUT2D eigenvalue weighted by Gasteiger charge is 2.16. The molecule has 0 spiro atoms. The Hall–Kier alpha value is -1.45. The van der Waals surface area contributed by atoms with Crippen LogP contribution in [0.15, 0.2) is 12.1 Å². The van der Waals surface area contributed by atoms with Crippen LogP contribution in [0.1, 0.15) is 43.6 Å². The third kappa shape index (κ3) is 5.43. The van der Waals surface area contributed by atoms with Crippen LogP contribution in [0.2, 0.25) is 0 Å². The van der Waals surface area contributed by atoms with Crippen molar-refractivity contribution in [1.29, 1.82) is 0 Å². The van der Waals surface area contributed by atoms with Gasteiger partial charge in [-0.1, -0.05) is 27.7 Å². The van der Waals surface area contributed by atoms with E-state index in [0.717, 1.165) is 13.2 Å². The maximum atomic E-state index is 12.9. The number of benzene rings is 1. The Kier molecular flexibility index (Phi) is 10.3. The van der Waals surface area contributed by atoms with Gasteiger partial charge in [-0.3, -0.25) is 0 Å². The molecule has 0 atom stereocenters. The number of rotatable bonds is 1. The molecule has 0 aliphatic heterocycles. The minimum atomic E-state index is -1.17. The predicted molar refractivity (Wildman–Crippen MR) is 65.1 cm³/mol. The van der Waals surface area contributed by atoms with Crippen LogP contribution in [0.4, 0.5) is 8.78 Å². The number of aryl methyl sites for hydroxylation is 1. The minimum absolute atomic E-state index is 0.375. The quantitative estimate of drug-likeness (QED) is 0.697. The zero-order chi connectivity index (χ0) is 14.0. The molecule has 0 aliphatic rings. The lowest BCUT2D eigenvalue weighted by molar-refractivity contribution is 0.0594. The highest BCUT2D eigenvalue weighted by atomic mass is 19.2. The topological polar surface area (TPSA) is 26.3 Å². The van der Waals surface area contributed by atoms with Crippen molar-refractivity contribution >= 4 is 5.97 Å². The lowest BCUT2D eigenvalue weighted by Gasteiger charge is -2.02. The maximum Gasteiger partial charge on any atom is 0.340 e. The second-order valence-corrected chi connectivity index (χ2v) is 2.60. The molecule has 0 aliphatic carbocycles. The molecule has 17 heavy (non-hydrogen) atoms. The molecule has 4 heteroatoms. The Labute approximate surface area is 102 Å². The Morgan fingerprint density at radius 2 is 1.59 bits per heavy atom. The standard InChI is InChI=1S/C9H8F2O2.2C2H6/c1-5-3-6(9(12)13-2)8(11)7(10)4-5;2*1-2/h3-4H,1-2H3;2*1-2H3. The Bertz CT molecular complexity index is 350. The first-order valence-electron chi connectivity index (χ1n) is 5.60. The SMILES string of the molecule is CC.CC.COC(=O)c1cc(C)cc(F)c1F. The van der Waals surface area contributed by atoms with E-state index in [2.05, 4.69) is 4.74 Å². The van der Waals surface area contributed by atoms with E-state index in [1.807, 2.05) is 27.7 Å². The zero-order valence-electron chi connectivity index (χ0n) is 11.2. The fraction of sp³-hybridized carbons (Fsp3) is 0.462. The molecule has 0 radical (unpaired) electrons. The first-order valence-corrected chi connectivity index (χ1v) is 5.60. The lowest BCUT2D eigenvalue weighted by Crippen LogP contribution is -2.06. The second-order valence-electron chi connectivity index (χ2n) is 2.60. The van der Waals surface area contributed by atoms with E-state index < -0.39 is 17.6 Å². The van der Waals surface area contributed by atoms with Crippen molar-refractivity contribution in [3.63, 3.8) is 0 Å². The van der Waals surface area contributed by atoms with Gasteiger partial charge in [0.2, 0.25) is 0 Å². The van der Waals surface area contributed by atoms with Crippen LogP contribution in [0, 0.1) is 18.6 Å². The number of hydrogen-bond donors (Lipinski definition) is 0. The summed E-state index contributed by atoms with van der Waals surface area (Å²) in [5.41, 5.74) is 0.0966. The van der Waals surface area contributed by atoms with Crippen molar-refractivity contribution in [2.45, 2.75) is 34.6 Å². The van der Waals surface area contributed by atoms with Gasteiger partial charge in [-0.2, -0.15) is 0 Å². The third-order valence-electron chi connectivity index (χ3n) is 1.58. The molecule has 1 aromatic carbocycles. The zero-order valence-corrected chi connectivity index (χ0v) is 11.2. The van der Waals surface area contributed by atoms with Gasteiger partial charge in [-0.05, 0) is 24.6 Å². The van der Waals surface area contributed by atoms with E-state index in [-0.39, 0.29) is 5.56 Å². The molecule has 2 nitrogen and oxygen atoms in total. The summed E-state index contributed by atoms with van der Waals surface area (Å²) in [6.45, 7) is 9.56. The molecule has 98 valence electrons. The molecule has 0 heterocycles. The average Bonchev–Trinajstić information content (AvgIpc) is 2.37. The van der Waals surface area contributed by atoms with Gasteiger partial charge < -0.3 is 4.74 Å². The van der Waals surface area contributed by atoms with Crippen LogP contribution in [-0.4, -0.2) is 13.1 Å². The van der Waals surface area contributed by atoms with Crippen molar-refractivity contribution in [3.8, 4) is 0 Å². The van der Waals surface area contributed by atoms with Crippen LogP contribution in [-0.2, 0) is 4.74 Å². The number of ether oxygens (including phenoxy) is 1. The molecule has 0 N–H and O–H groups in total. The first kappa shape index (κ1) is 17.9. The molecule has 0 aromatic heterocycles. The Morgan fingerprint density at radius 1 is 1.12 bits per heavy atom. The minimum Gasteiger partial charge on any atom is -0.465 e. The van der Waals surface area contributed by atoms with Gasteiger partial charge in [0.15, 0.2) is 11.6 Å². The summed E-state index contributed by atoms with van der Waals surface area (Å²) >= 11 is 0. The predicted octanol–water partition coefficient (Wildman–Crippen LogP) is 4.11. The molecule has 0 bridgehead atoms. The van der Waals surface area contributed by atoms with Crippen LogP contribution >= 0.6 is 0 Å². The van der Waals surface area contributed by atoms with E-state index >= 15 is 0 Å². The van der Waals surface area contributed by atoms with Crippen molar-refractivity contribution in [3.05, 3.63) is 34.9 Å². The number of carbonyl (C=O) groups excluding carboxylic acids is 1. The van der Waals surface area contributed by atoms with Gasteiger partial charge in [0.05, 0.1) is 12.7 Å². The second kappa shape index (κ2) is 9.75. The fourth-order valence-electron chi connectivity index (χ4n) is 0.983. The third-order valence-corrected chi connectivity index (χ3v) is 1.58. The molecular formula is C13H20F2O2. The summed E-state index contributed by atoms with van der Waals surface area (Å²) in [6.07, 6.45) is 0. The largest absolute Gasteiger partial charge is 0.465 e. The normalized spacial score (nSPS) is 8.24. The number of hydrogen-bond acceptors (Lipinski definition) is 2. The smallest absolute Gasteiger partial charge is 0.340 e. The summed E-state index contributed by atoms with van der Waals surface area (Å²) in [4.78, 5) is 10.9. The van der Waals surface area contributed by atoms with Crippen molar-refractivity contribution in [1.82, 2.24) is 0 Å². The summed E-state index contributed by atoms with van der Waals surface area (Å²) in [5, 5.41) is 0. The maximum absolute atomic E-state index is 12.9. The van der Waals surface area contributed by atoms with Gasteiger partial charge >= 0.3 is 5.97 Å². The summed E-state index contributed by atoms with van der Waals surface area (Å²) in [5.74, 6) is -3.09.